The summed E-state index contributed by atoms with van der Waals surface area (Å²) in [6.45, 7) is 1.83. The summed E-state index contributed by atoms with van der Waals surface area (Å²) in [5.41, 5.74) is -0.613. The Morgan fingerprint density at radius 3 is 2.72 bits per heavy atom. The number of fused-ring (bicyclic) bond motifs is 2. The first-order valence-corrected chi connectivity index (χ1v) is 6.44. The summed E-state index contributed by atoms with van der Waals surface area (Å²) in [7, 11) is 3.18. The zero-order valence-corrected chi connectivity index (χ0v) is 11.6. The maximum atomic E-state index is 11.3. The molecule has 2 bridgehead atoms. The molecule has 0 aromatic heterocycles. The number of amides is 1. The minimum atomic E-state index is -0.613. The molecule has 2 aliphatic rings. The molecule has 1 N–H and O–H groups in total. The van der Waals surface area contributed by atoms with E-state index in [0.29, 0.717) is 12.4 Å². The molecule has 0 radical (unpaired) electrons. The van der Waals surface area contributed by atoms with Crippen LogP contribution < -0.4 is 5.32 Å². The number of ether oxygens (including phenoxy) is 4. The Kier molecular flexibility index (Phi) is 4.18. The van der Waals surface area contributed by atoms with Gasteiger partial charge in [-0.05, 0) is 0 Å². The Labute approximate surface area is 112 Å². The van der Waals surface area contributed by atoms with Crippen molar-refractivity contribution in [2.24, 2.45) is 0 Å². The summed E-state index contributed by atoms with van der Waals surface area (Å²) >= 11 is 4.32. The molecular formula is C11H19NO5S. The van der Waals surface area contributed by atoms with Crippen molar-refractivity contribution in [3.05, 3.63) is 0 Å². The topological polar surface area (TPSA) is 66.0 Å². The van der Waals surface area contributed by atoms with Gasteiger partial charge in [-0.25, -0.2) is 0 Å². The van der Waals surface area contributed by atoms with Crippen LogP contribution in [-0.4, -0.2) is 62.6 Å². The number of hydrogen-bond donors (Lipinski definition) is 2. The fourth-order valence-corrected chi connectivity index (χ4v) is 3.01. The molecular weight excluding hydrogens is 258 g/mol. The number of rotatable bonds is 4. The van der Waals surface area contributed by atoms with Gasteiger partial charge in [0.1, 0.15) is 23.9 Å². The second-order valence-corrected chi connectivity index (χ2v) is 4.92. The summed E-state index contributed by atoms with van der Waals surface area (Å²) in [6.07, 6.45) is -1.18. The molecule has 0 aromatic rings. The van der Waals surface area contributed by atoms with Gasteiger partial charge < -0.3 is 24.3 Å². The van der Waals surface area contributed by atoms with Crippen LogP contribution in [0.4, 0.5) is 0 Å². The lowest BCUT2D eigenvalue weighted by Crippen LogP contribution is -2.66. The minimum absolute atomic E-state index is 0.158. The Bertz CT molecular complexity index is 329. The first-order chi connectivity index (χ1) is 8.57. The third-order valence-corrected chi connectivity index (χ3v) is 4.01. The van der Waals surface area contributed by atoms with Crippen LogP contribution in [0.1, 0.15) is 6.92 Å². The fraction of sp³-hybridized carbons (Fsp3) is 0.909. The van der Waals surface area contributed by atoms with Gasteiger partial charge in [-0.1, -0.05) is 0 Å². The van der Waals surface area contributed by atoms with Crippen molar-refractivity contribution in [2.75, 3.05) is 26.6 Å². The lowest BCUT2D eigenvalue weighted by Gasteiger charge is -2.45. The SMILES string of the molecule is CO[C@@H]1[C@@H](NC(C)=O)[C@H]2OC[C@](CS)(O2)[C@@H]1OC. The molecule has 0 aliphatic carbocycles. The molecule has 18 heavy (non-hydrogen) atoms. The van der Waals surface area contributed by atoms with Crippen LogP contribution in [0.3, 0.4) is 0 Å². The maximum absolute atomic E-state index is 11.3. The number of nitrogens with one attached hydrogen (secondary N) is 1. The summed E-state index contributed by atoms with van der Waals surface area (Å²) in [5.74, 6) is 0.309. The Morgan fingerprint density at radius 1 is 1.50 bits per heavy atom. The summed E-state index contributed by atoms with van der Waals surface area (Å²) in [6, 6.07) is -0.382. The van der Waals surface area contributed by atoms with Gasteiger partial charge in [0.05, 0.1) is 6.61 Å². The predicted molar refractivity (Wildman–Crippen MR) is 66.6 cm³/mol. The van der Waals surface area contributed by atoms with Crippen molar-refractivity contribution in [2.45, 2.75) is 37.1 Å². The van der Waals surface area contributed by atoms with Gasteiger partial charge in [0, 0.05) is 26.9 Å². The van der Waals surface area contributed by atoms with Crippen LogP contribution in [0.2, 0.25) is 0 Å². The lowest BCUT2D eigenvalue weighted by molar-refractivity contribution is -0.230. The van der Waals surface area contributed by atoms with Crippen LogP contribution in [0.25, 0.3) is 0 Å². The first kappa shape index (κ1) is 14.1. The van der Waals surface area contributed by atoms with E-state index in [2.05, 4.69) is 17.9 Å². The zero-order chi connectivity index (χ0) is 13.3. The summed E-state index contributed by atoms with van der Waals surface area (Å²) in [4.78, 5) is 11.3. The van der Waals surface area contributed by atoms with Crippen LogP contribution in [0.5, 0.6) is 0 Å². The van der Waals surface area contributed by atoms with Crippen molar-refractivity contribution in [3.63, 3.8) is 0 Å². The van der Waals surface area contributed by atoms with Gasteiger partial charge in [0.25, 0.3) is 0 Å². The molecule has 2 rings (SSSR count). The normalized spacial score (nSPS) is 42.9. The highest BCUT2D eigenvalue weighted by atomic mass is 32.1. The largest absolute Gasteiger partial charge is 0.376 e. The summed E-state index contributed by atoms with van der Waals surface area (Å²) < 4.78 is 22.5. The molecule has 7 heteroatoms. The van der Waals surface area contributed by atoms with E-state index in [1.54, 1.807) is 14.2 Å². The van der Waals surface area contributed by atoms with E-state index in [1.165, 1.54) is 6.92 Å². The van der Waals surface area contributed by atoms with E-state index in [-0.39, 0.29) is 24.2 Å². The Morgan fingerprint density at radius 2 is 2.22 bits per heavy atom. The summed E-state index contributed by atoms with van der Waals surface area (Å²) in [5, 5.41) is 2.80. The molecule has 0 spiro atoms. The minimum Gasteiger partial charge on any atom is -0.376 e. The third kappa shape index (κ3) is 2.14. The molecule has 6 nitrogen and oxygen atoms in total. The quantitative estimate of drug-likeness (QED) is 0.683. The van der Waals surface area contributed by atoms with Crippen molar-refractivity contribution in [3.8, 4) is 0 Å². The maximum Gasteiger partial charge on any atom is 0.217 e. The molecule has 0 aromatic carbocycles. The highest BCUT2D eigenvalue weighted by molar-refractivity contribution is 7.80. The van der Waals surface area contributed by atoms with Crippen molar-refractivity contribution >= 4 is 18.5 Å². The molecule has 104 valence electrons. The van der Waals surface area contributed by atoms with E-state index < -0.39 is 11.9 Å². The standard InChI is InChI=1S/C11H19NO5S/c1-6(13)12-7-8(14-2)9(15-3)11(5-18)4-16-10(7)17-11/h7-10,18H,4-5H2,1-3H3,(H,12,13)/t7-,8-,9-,10+,11-/m1/s1. The number of hydrogen-bond acceptors (Lipinski definition) is 6. The van der Waals surface area contributed by atoms with Crippen molar-refractivity contribution in [1.82, 2.24) is 5.32 Å². The van der Waals surface area contributed by atoms with Crippen LogP contribution >= 0.6 is 12.6 Å². The van der Waals surface area contributed by atoms with Gasteiger partial charge in [-0.15, -0.1) is 0 Å². The van der Waals surface area contributed by atoms with Gasteiger partial charge in [-0.2, -0.15) is 12.6 Å². The van der Waals surface area contributed by atoms with Gasteiger partial charge >= 0.3 is 0 Å². The molecule has 0 saturated carbocycles. The van der Waals surface area contributed by atoms with Gasteiger partial charge in [-0.3, -0.25) is 4.79 Å². The van der Waals surface area contributed by atoms with E-state index in [4.69, 9.17) is 18.9 Å². The van der Waals surface area contributed by atoms with E-state index >= 15 is 0 Å². The molecule has 2 heterocycles. The van der Waals surface area contributed by atoms with Crippen LogP contribution in [0.15, 0.2) is 0 Å². The molecule has 2 saturated heterocycles. The molecule has 5 atom stereocenters. The number of methoxy groups -OCH3 is 2. The van der Waals surface area contributed by atoms with E-state index in [1.807, 2.05) is 0 Å². The molecule has 1 amide bonds. The highest BCUT2D eigenvalue weighted by Gasteiger charge is 2.60. The number of thiol groups is 1. The smallest absolute Gasteiger partial charge is 0.217 e. The van der Waals surface area contributed by atoms with Gasteiger partial charge in [0.2, 0.25) is 5.91 Å². The Balaban J connectivity index is 2.27. The first-order valence-electron chi connectivity index (χ1n) is 5.81. The van der Waals surface area contributed by atoms with Crippen LogP contribution in [-0.2, 0) is 23.7 Å². The van der Waals surface area contributed by atoms with Gasteiger partial charge in [0.15, 0.2) is 6.29 Å². The second kappa shape index (κ2) is 5.34. The van der Waals surface area contributed by atoms with Crippen molar-refractivity contribution < 1.29 is 23.7 Å². The molecule has 2 aliphatic heterocycles. The Hall–Kier alpha value is -0.340. The molecule has 0 unspecified atom stereocenters. The monoisotopic (exact) mass is 277 g/mol. The third-order valence-electron chi connectivity index (χ3n) is 3.47. The average Bonchev–Trinajstić information content (AvgIpc) is 2.74. The predicted octanol–water partition coefficient (Wildman–Crippen LogP) is -0.424. The van der Waals surface area contributed by atoms with E-state index in [9.17, 15) is 4.79 Å². The lowest BCUT2D eigenvalue weighted by atomic mass is 9.88. The van der Waals surface area contributed by atoms with E-state index in [0.717, 1.165) is 0 Å². The van der Waals surface area contributed by atoms with Crippen molar-refractivity contribution in [1.29, 1.82) is 0 Å². The van der Waals surface area contributed by atoms with Crippen LogP contribution in [0, 0.1) is 0 Å². The second-order valence-electron chi connectivity index (χ2n) is 4.60. The fourth-order valence-electron chi connectivity index (χ4n) is 2.67. The average molecular weight is 277 g/mol. The number of carbonyl (C=O) groups is 1. The highest BCUT2D eigenvalue weighted by Crippen LogP contribution is 2.39. The number of carbonyl (C=O) groups excluding carboxylic acids is 1. The molecule has 2 fully saturated rings. The zero-order valence-electron chi connectivity index (χ0n) is 10.7.